The Balaban J connectivity index is 1.72. The second kappa shape index (κ2) is 7.24. The molecule has 2 aliphatic rings. The lowest BCUT2D eigenvalue weighted by molar-refractivity contribution is 0.0888. The van der Waals surface area contributed by atoms with Gasteiger partial charge in [-0.15, -0.1) is 0 Å². The van der Waals surface area contributed by atoms with Gasteiger partial charge in [0, 0.05) is 46.5 Å². The van der Waals surface area contributed by atoms with Crippen LogP contribution in [0.4, 0.5) is 11.6 Å². The van der Waals surface area contributed by atoms with Gasteiger partial charge in [-0.05, 0) is 25.7 Å². The third-order valence-corrected chi connectivity index (χ3v) is 4.71. The first-order valence-electron chi connectivity index (χ1n) is 8.17. The highest BCUT2D eigenvalue weighted by Gasteiger charge is 2.23. The van der Waals surface area contributed by atoms with Crippen molar-refractivity contribution in [1.82, 2.24) is 9.97 Å². The molecule has 6 nitrogen and oxygen atoms in total. The maximum atomic E-state index is 5.51. The summed E-state index contributed by atoms with van der Waals surface area (Å²) >= 11 is 0. The van der Waals surface area contributed by atoms with Crippen molar-refractivity contribution in [3.05, 3.63) is 12.4 Å². The molecule has 0 saturated carbocycles. The molecule has 6 heteroatoms. The van der Waals surface area contributed by atoms with Gasteiger partial charge >= 0.3 is 0 Å². The number of nitrogens with zero attached hydrogens (tertiary/aromatic N) is 4. The average Bonchev–Trinajstić information content (AvgIpc) is 2.62. The minimum atomic E-state index is 0.306. The quantitative estimate of drug-likeness (QED) is 0.844. The second-order valence-corrected chi connectivity index (χ2v) is 6.13. The molecular weight excluding hydrogens is 280 g/mol. The summed E-state index contributed by atoms with van der Waals surface area (Å²) in [5.41, 5.74) is 0. The fourth-order valence-electron chi connectivity index (χ4n) is 3.36. The summed E-state index contributed by atoms with van der Waals surface area (Å²) in [4.78, 5) is 13.5. The summed E-state index contributed by atoms with van der Waals surface area (Å²) in [6, 6.07) is 2.11. The summed E-state index contributed by atoms with van der Waals surface area (Å²) in [6.45, 7) is 3.90. The Morgan fingerprint density at radius 3 is 1.86 bits per heavy atom. The topological polar surface area (TPSA) is 50.7 Å². The highest BCUT2D eigenvalue weighted by molar-refractivity contribution is 5.50. The van der Waals surface area contributed by atoms with Crippen LogP contribution in [0.3, 0.4) is 0 Å². The van der Waals surface area contributed by atoms with Crippen LogP contribution >= 0.6 is 0 Å². The highest BCUT2D eigenvalue weighted by atomic mass is 16.5. The first-order chi connectivity index (χ1) is 10.8. The zero-order valence-electron chi connectivity index (χ0n) is 13.6. The molecule has 1 aromatic heterocycles. The van der Waals surface area contributed by atoms with Gasteiger partial charge in [-0.2, -0.15) is 0 Å². The molecule has 3 heterocycles. The van der Waals surface area contributed by atoms with E-state index in [4.69, 9.17) is 9.47 Å². The molecule has 2 aliphatic heterocycles. The Bertz CT molecular complexity index is 446. The zero-order valence-corrected chi connectivity index (χ0v) is 13.6. The van der Waals surface area contributed by atoms with Crippen molar-refractivity contribution in [2.75, 3.05) is 50.2 Å². The lowest BCUT2D eigenvalue weighted by atomic mass is 10.1. The minimum Gasteiger partial charge on any atom is -0.380 e. The predicted octanol–water partition coefficient (Wildman–Crippen LogP) is 1.71. The molecule has 0 N–H and O–H groups in total. The summed E-state index contributed by atoms with van der Waals surface area (Å²) < 4.78 is 11.0. The van der Waals surface area contributed by atoms with Crippen LogP contribution in [0.5, 0.6) is 0 Å². The Kier molecular flexibility index (Phi) is 5.10. The maximum absolute atomic E-state index is 5.51. The van der Waals surface area contributed by atoms with E-state index in [0.717, 1.165) is 63.5 Å². The fraction of sp³-hybridized carbons (Fsp3) is 0.750. The molecule has 0 bridgehead atoms. The molecule has 0 unspecified atom stereocenters. The Labute approximate surface area is 132 Å². The van der Waals surface area contributed by atoms with E-state index >= 15 is 0 Å². The first-order valence-corrected chi connectivity index (χ1v) is 8.17. The van der Waals surface area contributed by atoms with Crippen molar-refractivity contribution in [3.63, 3.8) is 0 Å². The normalized spacial score (nSPS) is 26.3. The van der Waals surface area contributed by atoms with Crippen molar-refractivity contribution in [3.8, 4) is 0 Å². The van der Waals surface area contributed by atoms with Gasteiger partial charge in [0.25, 0.3) is 0 Å². The lowest BCUT2D eigenvalue weighted by Gasteiger charge is -2.35. The van der Waals surface area contributed by atoms with E-state index in [1.54, 1.807) is 20.5 Å². The Morgan fingerprint density at radius 1 is 0.909 bits per heavy atom. The number of ether oxygens (including phenoxy) is 2. The minimum absolute atomic E-state index is 0.306. The van der Waals surface area contributed by atoms with E-state index in [0.29, 0.717) is 12.2 Å². The third kappa shape index (κ3) is 3.50. The van der Waals surface area contributed by atoms with Crippen LogP contribution in [0.15, 0.2) is 12.4 Å². The SMILES string of the molecule is CO[C@@H]1CCCN(c2cc(N3CCC[C@@H](OC)C3)ncn2)C1. The lowest BCUT2D eigenvalue weighted by Crippen LogP contribution is -2.41. The molecule has 0 amide bonds. The number of hydrogen-bond acceptors (Lipinski definition) is 6. The molecular formula is C16H26N4O2. The van der Waals surface area contributed by atoms with Crippen LogP contribution in [0.1, 0.15) is 25.7 Å². The standard InChI is InChI=1S/C16H26N4O2/c1-21-13-5-3-7-19(10-13)15-9-16(18-12-17-15)20-8-4-6-14(11-20)22-2/h9,12-14H,3-8,10-11H2,1-2H3/t13-,14-/m1/s1. The van der Waals surface area contributed by atoms with E-state index in [1.807, 2.05) is 0 Å². The first kappa shape index (κ1) is 15.5. The van der Waals surface area contributed by atoms with E-state index in [1.165, 1.54) is 0 Å². The Morgan fingerprint density at radius 2 is 1.41 bits per heavy atom. The van der Waals surface area contributed by atoms with Gasteiger partial charge in [-0.1, -0.05) is 0 Å². The van der Waals surface area contributed by atoms with Gasteiger partial charge in [-0.3, -0.25) is 0 Å². The molecule has 22 heavy (non-hydrogen) atoms. The maximum Gasteiger partial charge on any atom is 0.134 e. The number of anilines is 2. The van der Waals surface area contributed by atoms with Gasteiger partial charge in [0.05, 0.1) is 12.2 Å². The number of rotatable bonds is 4. The van der Waals surface area contributed by atoms with Crippen molar-refractivity contribution >= 4 is 11.6 Å². The Hall–Kier alpha value is -1.40. The summed E-state index contributed by atoms with van der Waals surface area (Å²) in [6.07, 6.45) is 6.84. The van der Waals surface area contributed by atoms with Crippen LogP contribution in [-0.4, -0.2) is 62.6 Å². The van der Waals surface area contributed by atoms with Gasteiger partial charge in [0.15, 0.2) is 0 Å². The molecule has 0 aromatic carbocycles. The molecule has 2 saturated heterocycles. The van der Waals surface area contributed by atoms with Crippen LogP contribution in [-0.2, 0) is 9.47 Å². The number of aromatic nitrogens is 2. The molecule has 122 valence electrons. The summed E-state index contributed by atoms with van der Waals surface area (Å²) in [7, 11) is 3.58. The van der Waals surface area contributed by atoms with Crippen molar-refractivity contribution < 1.29 is 9.47 Å². The highest BCUT2D eigenvalue weighted by Crippen LogP contribution is 2.24. The van der Waals surface area contributed by atoms with Crippen LogP contribution in [0, 0.1) is 0 Å². The molecule has 2 atom stereocenters. The molecule has 0 radical (unpaired) electrons. The third-order valence-electron chi connectivity index (χ3n) is 4.71. The molecule has 2 fully saturated rings. The number of hydrogen-bond donors (Lipinski definition) is 0. The predicted molar refractivity (Wildman–Crippen MR) is 86.5 cm³/mol. The van der Waals surface area contributed by atoms with Crippen LogP contribution in [0.2, 0.25) is 0 Å². The number of piperidine rings is 2. The summed E-state index contributed by atoms with van der Waals surface area (Å²) in [5.74, 6) is 2.01. The van der Waals surface area contributed by atoms with Gasteiger partial charge < -0.3 is 19.3 Å². The average molecular weight is 306 g/mol. The smallest absolute Gasteiger partial charge is 0.134 e. The van der Waals surface area contributed by atoms with Crippen LogP contribution in [0.25, 0.3) is 0 Å². The molecule has 0 spiro atoms. The zero-order chi connectivity index (χ0) is 15.4. The van der Waals surface area contributed by atoms with Crippen molar-refractivity contribution in [2.45, 2.75) is 37.9 Å². The molecule has 3 rings (SSSR count). The molecule has 0 aliphatic carbocycles. The van der Waals surface area contributed by atoms with E-state index in [9.17, 15) is 0 Å². The van der Waals surface area contributed by atoms with Crippen LogP contribution < -0.4 is 9.80 Å². The van der Waals surface area contributed by atoms with Gasteiger partial charge in [0.1, 0.15) is 18.0 Å². The number of methoxy groups -OCH3 is 2. The van der Waals surface area contributed by atoms with Gasteiger partial charge in [0.2, 0.25) is 0 Å². The molecule has 1 aromatic rings. The van der Waals surface area contributed by atoms with E-state index in [-0.39, 0.29) is 0 Å². The monoisotopic (exact) mass is 306 g/mol. The van der Waals surface area contributed by atoms with E-state index < -0.39 is 0 Å². The second-order valence-electron chi connectivity index (χ2n) is 6.13. The summed E-state index contributed by atoms with van der Waals surface area (Å²) in [5, 5.41) is 0. The van der Waals surface area contributed by atoms with Gasteiger partial charge in [-0.25, -0.2) is 9.97 Å². The van der Waals surface area contributed by atoms with Crippen molar-refractivity contribution in [1.29, 1.82) is 0 Å². The largest absolute Gasteiger partial charge is 0.380 e. The van der Waals surface area contributed by atoms with E-state index in [2.05, 4.69) is 25.8 Å². The fourth-order valence-corrected chi connectivity index (χ4v) is 3.36. The van der Waals surface area contributed by atoms with Crippen molar-refractivity contribution in [2.24, 2.45) is 0 Å².